The number of hydrogen-bond acceptors (Lipinski definition) is 8. The fraction of sp³-hybridized carbons (Fsp3) is 0.154. The lowest BCUT2D eigenvalue weighted by Gasteiger charge is -2.10. The number of aromatic carboxylic acids is 1. The molecular weight excluding hydrogens is 354 g/mol. The van der Waals surface area contributed by atoms with Crippen LogP contribution in [0, 0.1) is 6.92 Å². The number of carbonyl (C=O) groups is 2. The largest absolute Gasteiger partial charge is 0.478 e. The predicted molar refractivity (Wildman–Crippen MR) is 83.9 cm³/mol. The summed E-state index contributed by atoms with van der Waals surface area (Å²) in [5.74, 6) is -1.44. The Kier molecular flexibility index (Phi) is 5.12. The SMILES string of the molecule is COc1nc(C)nc(NC(=O)NS(=O)(=O)c2ccccc2C(=O)O)n1. The maximum Gasteiger partial charge on any atom is 0.337 e. The molecule has 2 aromatic rings. The van der Waals surface area contributed by atoms with Gasteiger partial charge in [-0.05, 0) is 19.1 Å². The number of aromatic nitrogens is 3. The predicted octanol–water partition coefficient (Wildman–Crippen LogP) is 0.397. The minimum absolute atomic E-state index is 0.0677. The molecule has 2 amide bonds. The van der Waals surface area contributed by atoms with Crippen LogP contribution in [0.5, 0.6) is 6.01 Å². The van der Waals surface area contributed by atoms with Gasteiger partial charge in [-0.3, -0.25) is 5.32 Å². The van der Waals surface area contributed by atoms with Crippen LogP contribution in [0.1, 0.15) is 16.2 Å². The summed E-state index contributed by atoms with van der Waals surface area (Å²) >= 11 is 0. The monoisotopic (exact) mass is 367 g/mol. The van der Waals surface area contributed by atoms with Crippen molar-refractivity contribution in [1.29, 1.82) is 0 Å². The van der Waals surface area contributed by atoms with Gasteiger partial charge in [-0.2, -0.15) is 15.0 Å². The number of anilines is 1. The first-order valence-corrected chi connectivity index (χ1v) is 8.14. The van der Waals surface area contributed by atoms with Gasteiger partial charge in [0.2, 0.25) is 5.95 Å². The summed E-state index contributed by atoms with van der Waals surface area (Å²) in [6, 6.07) is 3.63. The molecule has 0 aliphatic rings. The number of nitrogens with zero attached hydrogens (tertiary/aromatic N) is 3. The molecule has 0 radical (unpaired) electrons. The first-order chi connectivity index (χ1) is 11.7. The van der Waals surface area contributed by atoms with Gasteiger partial charge in [0.25, 0.3) is 10.0 Å². The molecule has 1 heterocycles. The molecule has 1 aromatic heterocycles. The Labute approximate surface area is 142 Å². The minimum Gasteiger partial charge on any atom is -0.478 e. The maximum absolute atomic E-state index is 12.2. The molecule has 132 valence electrons. The number of carboxylic acids is 1. The van der Waals surface area contributed by atoms with E-state index in [-0.39, 0.29) is 17.8 Å². The second kappa shape index (κ2) is 7.09. The standard InChI is InChI=1S/C13H13N5O6S/c1-7-14-11(17-13(15-7)24-2)16-12(21)18-25(22,23)9-6-4-3-5-8(9)10(19)20/h3-6H,1-2H3,(H,19,20)(H2,14,15,16,17,18,21). The van der Waals surface area contributed by atoms with E-state index in [4.69, 9.17) is 9.84 Å². The average Bonchev–Trinajstić information content (AvgIpc) is 2.53. The Bertz CT molecular complexity index is 930. The number of ether oxygens (including phenoxy) is 1. The number of methoxy groups -OCH3 is 1. The van der Waals surface area contributed by atoms with E-state index in [0.29, 0.717) is 0 Å². The number of aryl methyl sites for hydroxylation is 1. The van der Waals surface area contributed by atoms with Gasteiger partial charge in [0.15, 0.2) is 0 Å². The second-order valence-electron chi connectivity index (χ2n) is 4.55. The fourth-order valence-electron chi connectivity index (χ4n) is 1.79. The van der Waals surface area contributed by atoms with Crippen molar-refractivity contribution in [2.45, 2.75) is 11.8 Å². The zero-order valence-electron chi connectivity index (χ0n) is 13.0. The fourth-order valence-corrected chi connectivity index (χ4v) is 2.89. The van der Waals surface area contributed by atoms with Gasteiger partial charge in [0, 0.05) is 0 Å². The lowest BCUT2D eigenvalue weighted by atomic mass is 10.2. The molecule has 1 aromatic carbocycles. The number of benzene rings is 1. The van der Waals surface area contributed by atoms with E-state index in [2.05, 4.69) is 20.3 Å². The molecular formula is C13H13N5O6S. The second-order valence-corrected chi connectivity index (χ2v) is 6.20. The van der Waals surface area contributed by atoms with Crippen LogP contribution >= 0.6 is 0 Å². The van der Waals surface area contributed by atoms with Crippen LogP contribution in [0.3, 0.4) is 0 Å². The van der Waals surface area contributed by atoms with Crippen molar-refractivity contribution < 1.29 is 27.9 Å². The van der Waals surface area contributed by atoms with Crippen LogP contribution in [0.25, 0.3) is 0 Å². The van der Waals surface area contributed by atoms with Crippen LogP contribution in [-0.2, 0) is 10.0 Å². The Morgan fingerprint density at radius 3 is 2.48 bits per heavy atom. The number of rotatable bonds is 5. The summed E-state index contributed by atoms with van der Waals surface area (Å²) in [7, 11) is -3.11. The lowest BCUT2D eigenvalue weighted by molar-refractivity contribution is 0.0692. The van der Waals surface area contributed by atoms with Crippen molar-refractivity contribution in [3.05, 3.63) is 35.7 Å². The number of urea groups is 1. The van der Waals surface area contributed by atoms with Gasteiger partial charge in [-0.25, -0.2) is 22.7 Å². The third-order valence-corrected chi connectivity index (χ3v) is 4.16. The number of nitrogens with one attached hydrogen (secondary N) is 2. The topological polar surface area (TPSA) is 160 Å². The summed E-state index contributed by atoms with van der Waals surface area (Å²) in [5.41, 5.74) is -0.472. The highest BCUT2D eigenvalue weighted by atomic mass is 32.2. The number of carboxylic acid groups (broad SMARTS) is 1. The van der Waals surface area contributed by atoms with E-state index in [1.807, 2.05) is 0 Å². The zero-order valence-corrected chi connectivity index (χ0v) is 13.9. The molecule has 0 spiro atoms. The van der Waals surface area contributed by atoms with Crippen molar-refractivity contribution >= 4 is 28.0 Å². The van der Waals surface area contributed by atoms with Crippen LogP contribution in [0.2, 0.25) is 0 Å². The first-order valence-electron chi connectivity index (χ1n) is 6.65. The highest BCUT2D eigenvalue weighted by Crippen LogP contribution is 2.15. The van der Waals surface area contributed by atoms with Crippen molar-refractivity contribution in [2.24, 2.45) is 0 Å². The summed E-state index contributed by atoms with van der Waals surface area (Å²) in [6.45, 7) is 1.52. The Balaban J connectivity index is 2.23. The normalized spacial score (nSPS) is 10.8. The number of carbonyl (C=O) groups excluding carboxylic acids is 1. The van der Waals surface area contributed by atoms with Crippen LogP contribution < -0.4 is 14.8 Å². The molecule has 0 aliphatic carbocycles. The van der Waals surface area contributed by atoms with Gasteiger partial charge in [0.05, 0.1) is 12.7 Å². The molecule has 0 fully saturated rings. The molecule has 25 heavy (non-hydrogen) atoms. The molecule has 11 nitrogen and oxygen atoms in total. The first kappa shape index (κ1) is 18.1. The Morgan fingerprint density at radius 2 is 1.84 bits per heavy atom. The number of hydrogen-bond donors (Lipinski definition) is 3. The molecule has 3 N–H and O–H groups in total. The average molecular weight is 367 g/mol. The molecule has 0 saturated carbocycles. The van der Waals surface area contributed by atoms with Gasteiger partial charge in [0.1, 0.15) is 10.7 Å². The van der Waals surface area contributed by atoms with E-state index in [9.17, 15) is 18.0 Å². The quantitative estimate of drug-likeness (QED) is 0.679. The molecule has 0 aliphatic heterocycles. The molecule has 2 rings (SSSR count). The van der Waals surface area contributed by atoms with E-state index >= 15 is 0 Å². The van der Waals surface area contributed by atoms with E-state index in [1.165, 1.54) is 26.2 Å². The molecule has 0 bridgehead atoms. The Morgan fingerprint density at radius 1 is 1.16 bits per heavy atom. The van der Waals surface area contributed by atoms with Gasteiger partial charge >= 0.3 is 18.0 Å². The summed E-state index contributed by atoms with van der Waals surface area (Å²) in [6.07, 6.45) is 0. The maximum atomic E-state index is 12.2. The van der Waals surface area contributed by atoms with Gasteiger partial charge < -0.3 is 9.84 Å². The lowest BCUT2D eigenvalue weighted by Crippen LogP contribution is -2.35. The van der Waals surface area contributed by atoms with E-state index in [1.54, 1.807) is 4.72 Å². The Hall–Kier alpha value is -3.28. The summed E-state index contributed by atoms with van der Waals surface area (Å²) < 4.78 is 31.0. The van der Waals surface area contributed by atoms with Crippen molar-refractivity contribution in [3.63, 3.8) is 0 Å². The molecule has 0 saturated heterocycles. The highest BCUT2D eigenvalue weighted by Gasteiger charge is 2.24. The van der Waals surface area contributed by atoms with Gasteiger partial charge in [-0.15, -0.1) is 0 Å². The smallest absolute Gasteiger partial charge is 0.337 e. The van der Waals surface area contributed by atoms with Crippen molar-refractivity contribution in [3.8, 4) is 6.01 Å². The molecule has 0 atom stereocenters. The van der Waals surface area contributed by atoms with E-state index in [0.717, 1.165) is 12.1 Å². The van der Waals surface area contributed by atoms with Crippen molar-refractivity contribution in [2.75, 3.05) is 12.4 Å². The zero-order chi connectivity index (χ0) is 18.6. The van der Waals surface area contributed by atoms with Crippen LogP contribution in [0.4, 0.5) is 10.7 Å². The van der Waals surface area contributed by atoms with Crippen LogP contribution in [0.15, 0.2) is 29.2 Å². The third kappa shape index (κ3) is 4.38. The van der Waals surface area contributed by atoms with Crippen LogP contribution in [-0.4, -0.2) is 47.6 Å². The highest BCUT2D eigenvalue weighted by molar-refractivity contribution is 7.90. The van der Waals surface area contributed by atoms with Gasteiger partial charge in [-0.1, -0.05) is 12.1 Å². The molecule has 0 unspecified atom stereocenters. The summed E-state index contributed by atoms with van der Waals surface area (Å²) in [5, 5.41) is 11.2. The minimum atomic E-state index is -4.43. The third-order valence-electron chi connectivity index (χ3n) is 2.77. The van der Waals surface area contributed by atoms with Crippen molar-refractivity contribution in [1.82, 2.24) is 19.7 Å². The van der Waals surface area contributed by atoms with E-state index < -0.39 is 32.5 Å². The number of sulfonamides is 1. The number of amides is 2. The molecule has 12 heteroatoms. The summed E-state index contributed by atoms with van der Waals surface area (Å²) in [4.78, 5) is 33.8.